The Bertz CT molecular complexity index is 883. The summed E-state index contributed by atoms with van der Waals surface area (Å²) < 4.78 is 6.22. The molecular formula is C18H15BrN2O3S. The summed E-state index contributed by atoms with van der Waals surface area (Å²) in [6, 6.07) is 17.9. The Morgan fingerprint density at radius 1 is 1.24 bits per heavy atom. The fourth-order valence-electron chi connectivity index (χ4n) is 2.55. The number of rotatable bonds is 6. The number of nitro groups is 1. The van der Waals surface area contributed by atoms with Crippen LogP contribution in [0.15, 0.2) is 68.5 Å². The number of benzene rings is 2. The molecule has 0 aliphatic carbocycles. The highest BCUT2D eigenvalue weighted by Crippen LogP contribution is 2.40. The lowest BCUT2D eigenvalue weighted by Crippen LogP contribution is -2.01. The van der Waals surface area contributed by atoms with E-state index in [0.717, 1.165) is 14.9 Å². The van der Waals surface area contributed by atoms with Crippen molar-refractivity contribution in [2.24, 2.45) is 0 Å². The van der Waals surface area contributed by atoms with Crippen molar-refractivity contribution < 1.29 is 9.45 Å². The first-order valence-electron chi connectivity index (χ1n) is 7.61. The Morgan fingerprint density at radius 2 is 2.00 bits per heavy atom. The van der Waals surface area contributed by atoms with Crippen molar-refractivity contribution in [3.05, 3.63) is 86.2 Å². The Hall–Kier alpha value is -2.12. The molecule has 3 aromatic rings. The SMILES string of the molecule is Cc1noc(C[C@H](Sc2ccccc2)c2cccc(Br)c2)c1[N+](=O)[O-]. The van der Waals surface area contributed by atoms with Crippen LogP contribution >= 0.6 is 27.7 Å². The van der Waals surface area contributed by atoms with Gasteiger partial charge in [0.05, 0.1) is 4.92 Å². The predicted molar refractivity (Wildman–Crippen MR) is 101 cm³/mol. The predicted octanol–water partition coefficient (Wildman–Crippen LogP) is 5.73. The number of thioether (sulfide) groups is 1. The van der Waals surface area contributed by atoms with Crippen LogP contribution in [-0.2, 0) is 6.42 Å². The van der Waals surface area contributed by atoms with E-state index in [0.29, 0.717) is 17.9 Å². The molecule has 0 bridgehead atoms. The summed E-state index contributed by atoms with van der Waals surface area (Å²) in [5.41, 5.74) is 1.33. The van der Waals surface area contributed by atoms with Crippen LogP contribution in [0.3, 0.4) is 0 Å². The Morgan fingerprint density at radius 3 is 2.68 bits per heavy atom. The lowest BCUT2D eigenvalue weighted by atomic mass is 10.1. The quantitative estimate of drug-likeness (QED) is 0.290. The van der Waals surface area contributed by atoms with E-state index in [9.17, 15) is 10.1 Å². The molecule has 1 aromatic heterocycles. The number of hydrogen-bond acceptors (Lipinski definition) is 5. The largest absolute Gasteiger partial charge is 0.354 e. The average molecular weight is 419 g/mol. The maximum atomic E-state index is 11.3. The molecule has 0 N–H and O–H groups in total. The van der Waals surface area contributed by atoms with Crippen molar-refractivity contribution in [2.75, 3.05) is 0 Å². The summed E-state index contributed by atoms with van der Waals surface area (Å²) in [4.78, 5) is 12.0. The van der Waals surface area contributed by atoms with Crippen LogP contribution in [0.25, 0.3) is 0 Å². The lowest BCUT2D eigenvalue weighted by Gasteiger charge is -2.16. The summed E-state index contributed by atoms with van der Waals surface area (Å²) in [6.45, 7) is 1.59. The van der Waals surface area contributed by atoms with Gasteiger partial charge in [0.25, 0.3) is 0 Å². The molecule has 0 amide bonds. The van der Waals surface area contributed by atoms with Crippen molar-refractivity contribution in [2.45, 2.75) is 23.5 Å². The third-order valence-electron chi connectivity index (χ3n) is 3.69. The zero-order valence-electron chi connectivity index (χ0n) is 13.4. The van der Waals surface area contributed by atoms with Crippen molar-refractivity contribution in [1.82, 2.24) is 5.16 Å². The maximum absolute atomic E-state index is 11.3. The topological polar surface area (TPSA) is 69.2 Å². The molecule has 7 heteroatoms. The lowest BCUT2D eigenvalue weighted by molar-refractivity contribution is -0.386. The molecule has 0 unspecified atom stereocenters. The molecule has 5 nitrogen and oxygen atoms in total. The number of halogens is 1. The summed E-state index contributed by atoms with van der Waals surface area (Å²) in [5.74, 6) is 0.302. The summed E-state index contributed by atoms with van der Waals surface area (Å²) in [6.07, 6.45) is 0.382. The highest BCUT2D eigenvalue weighted by molar-refractivity contribution is 9.10. The van der Waals surface area contributed by atoms with Gasteiger partial charge in [-0.1, -0.05) is 51.4 Å². The summed E-state index contributed by atoms with van der Waals surface area (Å²) in [5, 5.41) is 15.1. The van der Waals surface area contributed by atoms with Gasteiger partial charge in [-0.05, 0) is 36.8 Å². The fourth-order valence-corrected chi connectivity index (χ4v) is 4.12. The molecule has 1 atom stereocenters. The van der Waals surface area contributed by atoms with Crippen LogP contribution in [0.2, 0.25) is 0 Å². The first-order chi connectivity index (χ1) is 12.0. The monoisotopic (exact) mass is 418 g/mol. The van der Waals surface area contributed by atoms with Gasteiger partial charge in [0, 0.05) is 21.0 Å². The highest BCUT2D eigenvalue weighted by Gasteiger charge is 2.27. The Balaban J connectivity index is 1.95. The molecule has 0 saturated carbocycles. The third kappa shape index (κ3) is 4.29. The van der Waals surface area contributed by atoms with Crippen LogP contribution in [0, 0.1) is 17.0 Å². The normalized spacial score (nSPS) is 12.1. The minimum Gasteiger partial charge on any atom is -0.354 e. The molecule has 0 radical (unpaired) electrons. The fraction of sp³-hybridized carbons (Fsp3) is 0.167. The van der Waals surface area contributed by atoms with Gasteiger partial charge in [-0.25, -0.2) is 0 Å². The van der Waals surface area contributed by atoms with Crippen molar-refractivity contribution >= 4 is 33.4 Å². The van der Waals surface area contributed by atoms with Gasteiger partial charge >= 0.3 is 5.69 Å². The molecule has 2 aromatic carbocycles. The van der Waals surface area contributed by atoms with Crippen LogP contribution in [0.4, 0.5) is 5.69 Å². The third-order valence-corrected chi connectivity index (χ3v) is 5.46. The Kier molecular flexibility index (Phi) is 5.55. The van der Waals surface area contributed by atoms with Gasteiger partial charge in [0.1, 0.15) is 0 Å². The molecule has 0 fully saturated rings. The van der Waals surface area contributed by atoms with E-state index >= 15 is 0 Å². The van der Waals surface area contributed by atoms with Crippen molar-refractivity contribution in [3.63, 3.8) is 0 Å². The van der Waals surface area contributed by atoms with E-state index in [4.69, 9.17) is 4.52 Å². The first kappa shape index (κ1) is 17.7. The maximum Gasteiger partial charge on any atom is 0.334 e. The van der Waals surface area contributed by atoms with Crippen molar-refractivity contribution in [3.8, 4) is 0 Å². The van der Waals surface area contributed by atoms with Gasteiger partial charge in [0.2, 0.25) is 5.76 Å². The molecule has 1 heterocycles. The van der Waals surface area contributed by atoms with E-state index in [2.05, 4.69) is 21.1 Å². The van der Waals surface area contributed by atoms with Gasteiger partial charge < -0.3 is 4.52 Å². The smallest absolute Gasteiger partial charge is 0.334 e. The number of aryl methyl sites for hydroxylation is 1. The molecular weight excluding hydrogens is 404 g/mol. The van der Waals surface area contributed by atoms with E-state index in [1.165, 1.54) is 0 Å². The van der Waals surface area contributed by atoms with Gasteiger partial charge in [-0.3, -0.25) is 10.1 Å². The molecule has 0 aliphatic rings. The molecule has 128 valence electrons. The Labute approximate surface area is 157 Å². The zero-order chi connectivity index (χ0) is 17.8. The van der Waals surface area contributed by atoms with Crippen LogP contribution in [0.5, 0.6) is 0 Å². The van der Waals surface area contributed by atoms with Crippen LogP contribution < -0.4 is 0 Å². The second-order valence-electron chi connectivity index (χ2n) is 5.48. The minimum atomic E-state index is -0.424. The number of aromatic nitrogens is 1. The minimum absolute atomic E-state index is 0.0336. The van der Waals surface area contributed by atoms with Crippen LogP contribution in [0.1, 0.15) is 22.3 Å². The van der Waals surface area contributed by atoms with Crippen molar-refractivity contribution in [1.29, 1.82) is 0 Å². The molecule has 3 rings (SSSR count). The number of nitrogens with zero attached hydrogens (tertiary/aromatic N) is 2. The van der Waals surface area contributed by atoms with Gasteiger partial charge in [-0.15, -0.1) is 11.8 Å². The van der Waals surface area contributed by atoms with Gasteiger partial charge in [-0.2, -0.15) is 0 Å². The first-order valence-corrected chi connectivity index (χ1v) is 9.28. The van der Waals surface area contributed by atoms with E-state index in [-0.39, 0.29) is 10.9 Å². The number of hydrogen-bond donors (Lipinski definition) is 0. The zero-order valence-corrected chi connectivity index (χ0v) is 15.8. The van der Waals surface area contributed by atoms with E-state index in [1.54, 1.807) is 18.7 Å². The summed E-state index contributed by atoms with van der Waals surface area (Å²) in [7, 11) is 0. The highest BCUT2D eigenvalue weighted by atomic mass is 79.9. The standard InChI is InChI=1S/C18H15BrN2O3S/c1-12-18(21(22)23)16(24-20-12)11-17(13-6-5-7-14(19)10-13)25-15-8-3-2-4-9-15/h2-10,17H,11H2,1H3/t17-/m0/s1. The molecule has 0 spiro atoms. The van der Waals surface area contributed by atoms with Gasteiger partial charge in [0.15, 0.2) is 5.69 Å². The van der Waals surface area contributed by atoms with E-state index < -0.39 is 4.92 Å². The molecule has 0 aliphatic heterocycles. The van der Waals surface area contributed by atoms with E-state index in [1.807, 2.05) is 54.6 Å². The summed E-state index contributed by atoms with van der Waals surface area (Å²) >= 11 is 5.13. The molecule has 25 heavy (non-hydrogen) atoms. The van der Waals surface area contributed by atoms with Crippen LogP contribution in [-0.4, -0.2) is 10.1 Å². The molecule has 0 saturated heterocycles. The second kappa shape index (κ2) is 7.84. The average Bonchev–Trinajstić information content (AvgIpc) is 2.96. The second-order valence-corrected chi connectivity index (χ2v) is 7.67.